The molecule has 0 aliphatic carbocycles. The Hall–Kier alpha value is -0.130. The van der Waals surface area contributed by atoms with Gasteiger partial charge in [0.15, 0.2) is 0 Å². The van der Waals surface area contributed by atoms with Crippen LogP contribution in [0.4, 0.5) is 0 Å². The van der Waals surface area contributed by atoms with Crippen molar-refractivity contribution in [3.63, 3.8) is 0 Å². The maximum absolute atomic E-state index is 5.40. The summed E-state index contributed by atoms with van der Waals surface area (Å²) in [7, 11) is 0. The van der Waals surface area contributed by atoms with Gasteiger partial charge < -0.3 is 10.1 Å². The first-order valence-corrected chi connectivity index (χ1v) is 7.89. The van der Waals surface area contributed by atoms with Gasteiger partial charge in [-0.2, -0.15) is 0 Å². The van der Waals surface area contributed by atoms with Gasteiger partial charge >= 0.3 is 0 Å². The molecule has 1 unspecified atom stereocenters. The molecule has 0 spiro atoms. The number of hydrogen-bond acceptors (Lipinski definition) is 2. The van der Waals surface area contributed by atoms with Crippen LogP contribution in [0.25, 0.3) is 0 Å². The lowest BCUT2D eigenvalue weighted by Crippen LogP contribution is -2.31. The van der Waals surface area contributed by atoms with Gasteiger partial charge in [0.25, 0.3) is 0 Å². The standard InChI is InChI=1S/C15H24INO/c1-3-17-15(6-5-11-18-4-2)12-13-7-9-14(16)10-8-13/h7-10,15,17H,3-6,11-12H2,1-2H3. The van der Waals surface area contributed by atoms with Gasteiger partial charge in [-0.1, -0.05) is 19.1 Å². The maximum atomic E-state index is 5.40. The van der Waals surface area contributed by atoms with E-state index in [0.29, 0.717) is 6.04 Å². The Morgan fingerprint density at radius 1 is 1.22 bits per heavy atom. The quantitative estimate of drug-likeness (QED) is 0.536. The normalized spacial score (nSPS) is 12.6. The van der Waals surface area contributed by atoms with E-state index in [9.17, 15) is 0 Å². The van der Waals surface area contributed by atoms with Gasteiger partial charge in [-0.05, 0) is 73.0 Å². The van der Waals surface area contributed by atoms with E-state index in [1.165, 1.54) is 15.6 Å². The minimum Gasteiger partial charge on any atom is -0.382 e. The fraction of sp³-hybridized carbons (Fsp3) is 0.600. The van der Waals surface area contributed by atoms with Crippen LogP contribution >= 0.6 is 22.6 Å². The molecule has 0 fully saturated rings. The summed E-state index contributed by atoms with van der Waals surface area (Å²) in [6.07, 6.45) is 3.42. The second kappa shape index (κ2) is 9.75. The van der Waals surface area contributed by atoms with Crippen molar-refractivity contribution in [2.24, 2.45) is 0 Å². The third kappa shape index (κ3) is 6.71. The molecule has 0 aliphatic rings. The summed E-state index contributed by atoms with van der Waals surface area (Å²) in [5.74, 6) is 0. The van der Waals surface area contributed by atoms with Gasteiger partial charge in [-0.3, -0.25) is 0 Å². The van der Waals surface area contributed by atoms with E-state index in [-0.39, 0.29) is 0 Å². The number of ether oxygens (including phenoxy) is 1. The first-order valence-electron chi connectivity index (χ1n) is 6.81. The van der Waals surface area contributed by atoms with Crippen molar-refractivity contribution in [3.05, 3.63) is 33.4 Å². The van der Waals surface area contributed by atoms with Crippen LogP contribution in [0.1, 0.15) is 32.3 Å². The second-order valence-corrected chi connectivity index (χ2v) is 5.67. The van der Waals surface area contributed by atoms with Crippen molar-refractivity contribution in [1.82, 2.24) is 5.32 Å². The molecule has 3 heteroatoms. The Balaban J connectivity index is 2.38. The smallest absolute Gasteiger partial charge is 0.0466 e. The van der Waals surface area contributed by atoms with Gasteiger partial charge in [0.1, 0.15) is 0 Å². The maximum Gasteiger partial charge on any atom is 0.0466 e. The van der Waals surface area contributed by atoms with E-state index in [4.69, 9.17) is 4.74 Å². The molecule has 0 aromatic heterocycles. The number of likely N-dealkylation sites (N-methyl/N-ethyl adjacent to an activating group) is 1. The molecule has 0 saturated heterocycles. The van der Waals surface area contributed by atoms with Gasteiger partial charge in [-0.25, -0.2) is 0 Å². The van der Waals surface area contributed by atoms with Crippen molar-refractivity contribution >= 4 is 22.6 Å². The molecule has 0 saturated carbocycles. The molecule has 102 valence electrons. The highest BCUT2D eigenvalue weighted by Gasteiger charge is 2.08. The lowest BCUT2D eigenvalue weighted by molar-refractivity contribution is 0.141. The summed E-state index contributed by atoms with van der Waals surface area (Å²) in [6, 6.07) is 9.39. The zero-order valence-electron chi connectivity index (χ0n) is 11.4. The van der Waals surface area contributed by atoms with Crippen molar-refractivity contribution in [1.29, 1.82) is 0 Å². The highest BCUT2D eigenvalue weighted by Crippen LogP contribution is 2.11. The molecule has 1 rings (SSSR count). The van der Waals surface area contributed by atoms with Gasteiger partial charge in [-0.15, -0.1) is 0 Å². The summed E-state index contributed by atoms with van der Waals surface area (Å²) in [4.78, 5) is 0. The Morgan fingerprint density at radius 3 is 2.56 bits per heavy atom. The summed E-state index contributed by atoms with van der Waals surface area (Å²) < 4.78 is 6.70. The number of halogens is 1. The molecule has 0 bridgehead atoms. The lowest BCUT2D eigenvalue weighted by atomic mass is 10.0. The molecular formula is C15H24INO. The van der Waals surface area contributed by atoms with Crippen LogP contribution in [0, 0.1) is 3.57 Å². The molecule has 18 heavy (non-hydrogen) atoms. The van der Waals surface area contributed by atoms with E-state index in [2.05, 4.69) is 59.1 Å². The van der Waals surface area contributed by atoms with E-state index < -0.39 is 0 Å². The molecule has 1 aromatic rings. The number of benzene rings is 1. The molecule has 0 heterocycles. The zero-order valence-corrected chi connectivity index (χ0v) is 13.6. The number of rotatable bonds is 9. The first kappa shape index (κ1) is 15.9. The molecule has 2 nitrogen and oxygen atoms in total. The van der Waals surface area contributed by atoms with Crippen LogP contribution in [0.2, 0.25) is 0 Å². The average Bonchev–Trinajstić information content (AvgIpc) is 2.37. The third-order valence-corrected chi connectivity index (χ3v) is 3.65. The molecule has 0 aliphatic heterocycles. The van der Waals surface area contributed by atoms with Gasteiger partial charge in [0.05, 0.1) is 0 Å². The average molecular weight is 361 g/mol. The lowest BCUT2D eigenvalue weighted by Gasteiger charge is -2.18. The Labute approximate surface area is 125 Å². The van der Waals surface area contributed by atoms with Crippen molar-refractivity contribution in [3.8, 4) is 0 Å². The molecule has 1 N–H and O–H groups in total. The second-order valence-electron chi connectivity index (χ2n) is 4.42. The van der Waals surface area contributed by atoms with Crippen LogP contribution in [0.5, 0.6) is 0 Å². The molecule has 0 amide bonds. The van der Waals surface area contributed by atoms with Crippen molar-refractivity contribution in [2.45, 2.75) is 39.2 Å². The molecule has 0 radical (unpaired) electrons. The summed E-state index contributed by atoms with van der Waals surface area (Å²) in [6.45, 7) is 6.95. The molecule has 1 aromatic carbocycles. The zero-order chi connectivity index (χ0) is 13.2. The highest BCUT2D eigenvalue weighted by molar-refractivity contribution is 14.1. The minimum atomic E-state index is 0.565. The number of hydrogen-bond donors (Lipinski definition) is 1. The van der Waals surface area contributed by atoms with E-state index in [1.54, 1.807) is 0 Å². The fourth-order valence-corrected chi connectivity index (χ4v) is 2.41. The monoisotopic (exact) mass is 361 g/mol. The summed E-state index contributed by atoms with van der Waals surface area (Å²) >= 11 is 2.35. The minimum absolute atomic E-state index is 0.565. The molecular weight excluding hydrogens is 337 g/mol. The van der Waals surface area contributed by atoms with Gasteiger partial charge in [0.2, 0.25) is 0 Å². The number of nitrogens with one attached hydrogen (secondary N) is 1. The Kier molecular flexibility index (Phi) is 8.63. The predicted octanol–water partition coefficient (Wildman–Crippen LogP) is 3.63. The summed E-state index contributed by atoms with van der Waals surface area (Å²) in [5.41, 5.74) is 1.41. The predicted molar refractivity (Wildman–Crippen MR) is 86.1 cm³/mol. The van der Waals surface area contributed by atoms with Crippen LogP contribution in [0.15, 0.2) is 24.3 Å². The van der Waals surface area contributed by atoms with E-state index >= 15 is 0 Å². The molecule has 1 atom stereocenters. The van der Waals surface area contributed by atoms with E-state index in [1.807, 2.05) is 6.92 Å². The topological polar surface area (TPSA) is 21.3 Å². The fourth-order valence-electron chi connectivity index (χ4n) is 2.05. The third-order valence-electron chi connectivity index (χ3n) is 2.93. The summed E-state index contributed by atoms with van der Waals surface area (Å²) in [5, 5.41) is 3.57. The first-order chi connectivity index (χ1) is 8.76. The Morgan fingerprint density at radius 2 is 1.94 bits per heavy atom. The van der Waals surface area contributed by atoms with Crippen molar-refractivity contribution in [2.75, 3.05) is 19.8 Å². The SMILES string of the molecule is CCNC(CCCOCC)Cc1ccc(I)cc1. The van der Waals surface area contributed by atoms with E-state index in [0.717, 1.165) is 32.6 Å². The largest absolute Gasteiger partial charge is 0.382 e. The van der Waals surface area contributed by atoms with Crippen LogP contribution in [-0.4, -0.2) is 25.8 Å². The van der Waals surface area contributed by atoms with Crippen LogP contribution in [-0.2, 0) is 11.2 Å². The highest BCUT2D eigenvalue weighted by atomic mass is 127. The van der Waals surface area contributed by atoms with Gasteiger partial charge in [0, 0.05) is 22.8 Å². The van der Waals surface area contributed by atoms with Crippen molar-refractivity contribution < 1.29 is 4.74 Å². The Bertz CT molecular complexity index is 313. The van der Waals surface area contributed by atoms with Crippen LogP contribution in [0.3, 0.4) is 0 Å². The van der Waals surface area contributed by atoms with Crippen LogP contribution < -0.4 is 5.32 Å².